The summed E-state index contributed by atoms with van der Waals surface area (Å²) in [7, 11) is 0. The fraction of sp³-hybridized carbons (Fsp3) is 0.0667. The van der Waals surface area contributed by atoms with Gasteiger partial charge in [-0.15, -0.1) is 11.3 Å². The zero-order valence-electron chi connectivity index (χ0n) is 26.3. The Hall–Kier alpha value is -5.44. The van der Waals surface area contributed by atoms with Gasteiger partial charge in [0, 0.05) is 42.6 Å². The third-order valence-corrected chi connectivity index (χ3v) is 11.6. The van der Waals surface area contributed by atoms with Crippen molar-refractivity contribution in [2.75, 3.05) is 4.90 Å². The number of fused-ring (bicyclic) bond motifs is 11. The van der Waals surface area contributed by atoms with Gasteiger partial charge in [-0.25, -0.2) is 0 Å². The van der Waals surface area contributed by atoms with Crippen LogP contribution in [-0.4, -0.2) is 0 Å². The molecule has 9 aromatic rings. The summed E-state index contributed by atoms with van der Waals surface area (Å²) in [6, 6.07) is 56.6. The minimum Gasteiger partial charge on any atom is -0.310 e. The molecule has 0 spiro atoms. The minimum absolute atomic E-state index is 0.0333. The van der Waals surface area contributed by atoms with Gasteiger partial charge >= 0.3 is 0 Å². The SMILES string of the molecule is CC1(C)c2ccccc2-c2cc(N(c3ccc4ccc5c6ccccc6ccc5c4c3)c3ccc4sc5ccccc5c4c3)ccc21. The highest BCUT2D eigenvalue weighted by Crippen LogP contribution is 2.51. The van der Waals surface area contributed by atoms with Gasteiger partial charge in [0.05, 0.1) is 0 Å². The van der Waals surface area contributed by atoms with E-state index in [4.69, 9.17) is 0 Å². The maximum absolute atomic E-state index is 2.46. The molecule has 0 saturated heterocycles. The van der Waals surface area contributed by atoms with E-state index in [1.54, 1.807) is 0 Å². The second-order valence-electron chi connectivity index (χ2n) is 13.4. The first-order valence-electron chi connectivity index (χ1n) is 16.3. The number of anilines is 3. The third kappa shape index (κ3) is 3.89. The first-order valence-corrected chi connectivity index (χ1v) is 17.2. The predicted octanol–water partition coefficient (Wildman–Crippen LogP) is 13.3. The van der Waals surface area contributed by atoms with Crippen LogP contribution in [0.3, 0.4) is 0 Å². The molecule has 0 fully saturated rings. The van der Waals surface area contributed by atoms with Crippen molar-refractivity contribution in [2.24, 2.45) is 0 Å². The van der Waals surface area contributed by atoms with E-state index in [-0.39, 0.29) is 5.41 Å². The summed E-state index contributed by atoms with van der Waals surface area (Å²) in [5, 5.41) is 10.3. The minimum atomic E-state index is -0.0333. The lowest BCUT2D eigenvalue weighted by atomic mass is 9.82. The Balaban J connectivity index is 1.24. The summed E-state index contributed by atoms with van der Waals surface area (Å²) in [6.07, 6.45) is 0. The summed E-state index contributed by atoms with van der Waals surface area (Å²) in [5.74, 6) is 0. The summed E-state index contributed by atoms with van der Waals surface area (Å²) in [5.41, 5.74) is 8.90. The zero-order chi connectivity index (χ0) is 31.3. The van der Waals surface area contributed by atoms with E-state index in [1.165, 1.54) is 80.4 Å². The first kappa shape index (κ1) is 26.7. The molecule has 1 aliphatic rings. The summed E-state index contributed by atoms with van der Waals surface area (Å²) < 4.78 is 2.64. The van der Waals surface area contributed by atoms with E-state index in [9.17, 15) is 0 Å². The molecule has 1 aromatic heterocycles. The van der Waals surface area contributed by atoms with Crippen LogP contribution < -0.4 is 4.90 Å². The summed E-state index contributed by atoms with van der Waals surface area (Å²) in [6.45, 7) is 4.70. The Labute approximate surface area is 278 Å². The van der Waals surface area contributed by atoms with Crippen LogP contribution in [0.1, 0.15) is 25.0 Å². The molecule has 1 aliphatic carbocycles. The monoisotopic (exact) mass is 617 g/mol. The standard InChI is InChI=1S/C45H31NS/c1-45(2)41-13-7-5-11-36(41)39-26-31(19-23-42(39)45)46(32-20-24-44-40(27-32)37-12-6-8-14-43(37)47-44)30-18-15-29-17-21-34-33-10-4-3-9-28(33)16-22-35(34)38(29)25-30/h3-27H,1-2H3. The molecule has 10 rings (SSSR count). The molecule has 2 heteroatoms. The molecule has 0 atom stereocenters. The van der Waals surface area contributed by atoms with Gasteiger partial charge in [0.15, 0.2) is 0 Å². The number of hydrogen-bond donors (Lipinski definition) is 0. The van der Waals surface area contributed by atoms with Crippen LogP contribution in [0.25, 0.3) is 63.6 Å². The normalized spacial score (nSPS) is 13.5. The van der Waals surface area contributed by atoms with Crippen molar-refractivity contribution in [3.63, 3.8) is 0 Å². The molecule has 0 aliphatic heterocycles. The van der Waals surface area contributed by atoms with Crippen molar-refractivity contribution in [2.45, 2.75) is 19.3 Å². The second kappa shape index (κ2) is 9.78. The Morgan fingerprint density at radius 2 is 0.979 bits per heavy atom. The largest absolute Gasteiger partial charge is 0.310 e. The van der Waals surface area contributed by atoms with Crippen molar-refractivity contribution in [3.8, 4) is 11.1 Å². The lowest BCUT2D eigenvalue weighted by Crippen LogP contribution is -2.15. The van der Waals surface area contributed by atoms with Gasteiger partial charge in [-0.2, -0.15) is 0 Å². The fourth-order valence-corrected chi connectivity index (χ4v) is 9.18. The topological polar surface area (TPSA) is 3.24 Å². The molecule has 47 heavy (non-hydrogen) atoms. The van der Waals surface area contributed by atoms with Gasteiger partial charge in [-0.05, 0) is 103 Å². The molecule has 1 heterocycles. The Morgan fingerprint density at radius 3 is 1.85 bits per heavy atom. The smallest absolute Gasteiger partial charge is 0.0468 e. The van der Waals surface area contributed by atoms with E-state index in [0.717, 1.165) is 11.4 Å². The molecule has 0 unspecified atom stereocenters. The average molecular weight is 618 g/mol. The number of benzene rings is 8. The fourth-order valence-electron chi connectivity index (χ4n) is 8.09. The molecule has 0 bridgehead atoms. The third-order valence-electron chi connectivity index (χ3n) is 10.4. The van der Waals surface area contributed by atoms with Crippen LogP contribution in [-0.2, 0) is 5.41 Å². The van der Waals surface area contributed by atoms with E-state index >= 15 is 0 Å². The van der Waals surface area contributed by atoms with Crippen LogP contribution >= 0.6 is 11.3 Å². The maximum atomic E-state index is 2.46. The lowest BCUT2D eigenvalue weighted by molar-refractivity contribution is 0.660. The van der Waals surface area contributed by atoms with Crippen LogP contribution in [0.4, 0.5) is 17.1 Å². The molecule has 222 valence electrons. The molecule has 1 nitrogen and oxygen atoms in total. The van der Waals surface area contributed by atoms with E-state index in [1.807, 2.05) is 11.3 Å². The van der Waals surface area contributed by atoms with Crippen LogP contribution in [0, 0.1) is 0 Å². The highest BCUT2D eigenvalue weighted by Gasteiger charge is 2.35. The molecule has 0 amide bonds. The molecular weight excluding hydrogens is 587 g/mol. The summed E-state index contributed by atoms with van der Waals surface area (Å²) in [4.78, 5) is 2.46. The van der Waals surface area contributed by atoms with Crippen LogP contribution in [0.15, 0.2) is 152 Å². The Morgan fingerprint density at radius 1 is 0.404 bits per heavy atom. The number of nitrogens with zero attached hydrogens (tertiary/aromatic N) is 1. The number of thiophene rings is 1. The highest BCUT2D eigenvalue weighted by atomic mass is 32.1. The van der Waals surface area contributed by atoms with Crippen molar-refractivity contribution in [3.05, 3.63) is 163 Å². The molecular formula is C45H31NS. The number of hydrogen-bond acceptors (Lipinski definition) is 2. The first-order chi connectivity index (χ1) is 23.0. The van der Waals surface area contributed by atoms with E-state index < -0.39 is 0 Å². The number of rotatable bonds is 3. The van der Waals surface area contributed by atoms with Gasteiger partial charge in [-0.3, -0.25) is 0 Å². The predicted molar refractivity (Wildman–Crippen MR) is 204 cm³/mol. The van der Waals surface area contributed by atoms with Gasteiger partial charge < -0.3 is 4.90 Å². The quantitative estimate of drug-likeness (QED) is 0.178. The van der Waals surface area contributed by atoms with E-state index in [2.05, 4.69) is 170 Å². The van der Waals surface area contributed by atoms with Crippen molar-refractivity contribution >= 4 is 80.9 Å². The maximum Gasteiger partial charge on any atom is 0.0468 e. The van der Waals surface area contributed by atoms with Crippen LogP contribution in [0.2, 0.25) is 0 Å². The van der Waals surface area contributed by atoms with Crippen molar-refractivity contribution in [1.29, 1.82) is 0 Å². The Kier molecular flexibility index (Phi) is 5.57. The van der Waals surface area contributed by atoms with Gasteiger partial charge in [-0.1, -0.05) is 117 Å². The van der Waals surface area contributed by atoms with Crippen LogP contribution in [0.5, 0.6) is 0 Å². The van der Waals surface area contributed by atoms with Gasteiger partial charge in [0.1, 0.15) is 0 Å². The average Bonchev–Trinajstić information content (AvgIpc) is 3.59. The second-order valence-corrected chi connectivity index (χ2v) is 14.5. The lowest BCUT2D eigenvalue weighted by Gasteiger charge is -2.27. The van der Waals surface area contributed by atoms with E-state index in [0.29, 0.717) is 0 Å². The molecule has 0 saturated carbocycles. The molecule has 8 aromatic carbocycles. The molecule has 0 N–H and O–H groups in total. The van der Waals surface area contributed by atoms with Crippen molar-refractivity contribution in [1.82, 2.24) is 0 Å². The van der Waals surface area contributed by atoms with Gasteiger partial charge in [0.25, 0.3) is 0 Å². The van der Waals surface area contributed by atoms with Crippen molar-refractivity contribution < 1.29 is 0 Å². The van der Waals surface area contributed by atoms with Gasteiger partial charge in [0.2, 0.25) is 0 Å². The highest BCUT2D eigenvalue weighted by molar-refractivity contribution is 7.25. The summed E-state index contributed by atoms with van der Waals surface area (Å²) >= 11 is 1.87. The Bertz CT molecular complexity index is 2730. The molecule has 0 radical (unpaired) electrons. The zero-order valence-corrected chi connectivity index (χ0v) is 27.1.